The molecule has 0 unspecified atom stereocenters. The lowest BCUT2D eigenvalue weighted by Gasteiger charge is -2.18. The third-order valence-corrected chi connectivity index (χ3v) is 5.16. The van der Waals surface area contributed by atoms with Crippen LogP contribution >= 0.6 is 15.9 Å². The Bertz CT molecular complexity index is 932. The maximum Gasteiger partial charge on any atom is 0.418 e. The van der Waals surface area contributed by atoms with Gasteiger partial charge in [-0.15, -0.1) is 0 Å². The van der Waals surface area contributed by atoms with Crippen molar-refractivity contribution in [3.63, 3.8) is 0 Å². The van der Waals surface area contributed by atoms with Gasteiger partial charge in [0.2, 0.25) is 11.8 Å². The van der Waals surface area contributed by atoms with Gasteiger partial charge in [0.15, 0.2) is 0 Å². The molecule has 0 spiro atoms. The van der Waals surface area contributed by atoms with Gasteiger partial charge in [0.1, 0.15) is 5.75 Å². The van der Waals surface area contributed by atoms with E-state index in [4.69, 9.17) is 4.74 Å². The predicted octanol–water partition coefficient (Wildman–Crippen LogP) is 5.25. The number of halogens is 4. The van der Waals surface area contributed by atoms with E-state index in [1.165, 1.54) is 17.0 Å². The van der Waals surface area contributed by atoms with Crippen molar-refractivity contribution in [2.45, 2.75) is 25.9 Å². The number of alkyl halides is 3. The van der Waals surface area contributed by atoms with Gasteiger partial charge >= 0.3 is 6.18 Å². The van der Waals surface area contributed by atoms with Gasteiger partial charge in [-0.25, -0.2) is 0 Å². The van der Waals surface area contributed by atoms with E-state index < -0.39 is 23.6 Å². The summed E-state index contributed by atoms with van der Waals surface area (Å²) in [6, 6.07) is 10.4. The van der Waals surface area contributed by atoms with Gasteiger partial charge in [0, 0.05) is 23.1 Å². The van der Waals surface area contributed by atoms with Crippen LogP contribution < -0.4 is 15.0 Å². The fraction of sp³-hybridized carbons (Fsp3) is 0.333. The molecule has 2 aromatic carbocycles. The SMILES string of the molecule is CCCOc1ccc(N2C[C@@H](C(=O)Nc3ccc(Br)cc3C(F)(F)F)CC2=O)cc1. The maximum atomic E-state index is 13.3. The maximum absolute atomic E-state index is 13.3. The Labute approximate surface area is 180 Å². The summed E-state index contributed by atoms with van der Waals surface area (Å²) in [6.45, 7) is 2.67. The molecule has 30 heavy (non-hydrogen) atoms. The molecular weight excluding hydrogens is 465 g/mol. The van der Waals surface area contributed by atoms with Crippen LogP contribution in [0.3, 0.4) is 0 Å². The highest BCUT2D eigenvalue weighted by molar-refractivity contribution is 9.10. The highest BCUT2D eigenvalue weighted by Crippen LogP contribution is 2.37. The average molecular weight is 485 g/mol. The molecule has 0 bridgehead atoms. The summed E-state index contributed by atoms with van der Waals surface area (Å²) in [6.07, 6.45) is -3.82. The number of nitrogens with one attached hydrogen (secondary N) is 1. The number of carbonyl (C=O) groups is 2. The zero-order chi connectivity index (χ0) is 21.9. The molecule has 9 heteroatoms. The summed E-state index contributed by atoms with van der Waals surface area (Å²) in [4.78, 5) is 26.4. The summed E-state index contributed by atoms with van der Waals surface area (Å²) in [5.74, 6) is -0.958. The van der Waals surface area contributed by atoms with Crippen LogP contribution in [-0.4, -0.2) is 25.0 Å². The molecule has 160 valence electrons. The van der Waals surface area contributed by atoms with Crippen LogP contribution in [0.15, 0.2) is 46.9 Å². The summed E-state index contributed by atoms with van der Waals surface area (Å²) in [5, 5.41) is 2.33. The molecule has 2 aromatic rings. The van der Waals surface area contributed by atoms with Crippen LogP contribution in [0.25, 0.3) is 0 Å². The molecule has 1 fully saturated rings. The first kappa shape index (κ1) is 22.1. The standard InChI is InChI=1S/C21H20BrF3N2O3/c1-2-9-30-16-6-4-15(5-7-16)27-12-13(10-19(27)28)20(29)26-18-8-3-14(22)11-17(18)21(23,24)25/h3-8,11,13H,2,9-10,12H2,1H3,(H,26,29)/t13-/m0/s1. The van der Waals surface area contributed by atoms with E-state index in [0.717, 1.165) is 12.5 Å². The molecule has 1 saturated heterocycles. The molecule has 1 aliphatic heterocycles. The zero-order valence-electron chi connectivity index (χ0n) is 16.1. The topological polar surface area (TPSA) is 58.6 Å². The van der Waals surface area contributed by atoms with Crippen LogP contribution in [-0.2, 0) is 15.8 Å². The predicted molar refractivity (Wildman–Crippen MR) is 110 cm³/mol. The fourth-order valence-corrected chi connectivity index (χ4v) is 3.53. The molecule has 1 heterocycles. The molecule has 0 aromatic heterocycles. The molecular formula is C21H20BrF3N2O3. The van der Waals surface area contributed by atoms with Crippen LogP contribution in [0, 0.1) is 5.92 Å². The van der Waals surface area contributed by atoms with Crippen molar-refractivity contribution in [3.8, 4) is 5.75 Å². The van der Waals surface area contributed by atoms with E-state index in [1.807, 2.05) is 6.92 Å². The Morgan fingerprint density at radius 1 is 1.23 bits per heavy atom. The minimum atomic E-state index is -4.62. The van der Waals surface area contributed by atoms with Crippen molar-refractivity contribution in [3.05, 3.63) is 52.5 Å². The first-order chi connectivity index (χ1) is 14.2. The molecule has 0 saturated carbocycles. The summed E-state index contributed by atoms with van der Waals surface area (Å²) in [7, 11) is 0. The average Bonchev–Trinajstić information content (AvgIpc) is 3.09. The molecule has 5 nitrogen and oxygen atoms in total. The van der Waals surface area contributed by atoms with E-state index in [0.29, 0.717) is 18.0 Å². The summed E-state index contributed by atoms with van der Waals surface area (Å²) in [5.41, 5.74) is -0.674. The second kappa shape index (κ2) is 9.07. The lowest BCUT2D eigenvalue weighted by Crippen LogP contribution is -2.28. The number of carbonyl (C=O) groups excluding carboxylic acids is 2. The van der Waals surface area contributed by atoms with Crippen molar-refractivity contribution < 1.29 is 27.5 Å². The highest BCUT2D eigenvalue weighted by atomic mass is 79.9. The van der Waals surface area contributed by atoms with Crippen molar-refractivity contribution in [1.29, 1.82) is 0 Å². The van der Waals surface area contributed by atoms with Gasteiger partial charge in [0.05, 0.1) is 23.8 Å². The van der Waals surface area contributed by atoms with E-state index >= 15 is 0 Å². The molecule has 0 aliphatic carbocycles. The van der Waals surface area contributed by atoms with Crippen molar-refractivity contribution in [1.82, 2.24) is 0 Å². The number of ether oxygens (including phenoxy) is 1. The van der Waals surface area contributed by atoms with Crippen molar-refractivity contribution >= 4 is 39.1 Å². The van der Waals surface area contributed by atoms with Crippen molar-refractivity contribution in [2.24, 2.45) is 5.92 Å². The molecule has 2 amide bonds. The Kier molecular flexibility index (Phi) is 6.70. The third kappa shape index (κ3) is 5.13. The van der Waals surface area contributed by atoms with E-state index in [9.17, 15) is 22.8 Å². The number of nitrogens with zero attached hydrogens (tertiary/aromatic N) is 1. The minimum absolute atomic E-state index is 0.0716. The van der Waals surface area contributed by atoms with Gasteiger partial charge in [0.25, 0.3) is 0 Å². The number of benzene rings is 2. The van der Waals surface area contributed by atoms with Gasteiger partial charge in [-0.1, -0.05) is 22.9 Å². The molecule has 1 N–H and O–H groups in total. The number of rotatable bonds is 6. The quantitative estimate of drug-likeness (QED) is 0.609. The minimum Gasteiger partial charge on any atom is -0.494 e. The van der Waals surface area contributed by atoms with Crippen LogP contribution in [0.4, 0.5) is 24.5 Å². The lowest BCUT2D eigenvalue weighted by molar-refractivity contribution is -0.137. The van der Waals surface area contributed by atoms with E-state index in [1.54, 1.807) is 24.3 Å². The third-order valence-electron chi connectivity index (χ3n) is 4.66. The Balaban J connectivity index is 1.70. The number of hydrogen-bond acceptors (Lipinski definition) is 3. The monoisotopic (exact) mass is 484 g/mol. The van der Waals surface area contributed by atoms with Gasteiger partial charge in [-0.05, 0) is 48.9 Å². The van der Waals surface area contributed by atoms with E-state index in [-0.39, 0.29) is 29.0 Å². The molecule has 0 radical (unpaired) electrons. The first-order valence-corrected chi connectivity index (χ1v) is 10.2. The molecule has 3 rings (SSSR count). The molecule has 1 atom stereocenters. The normalized spacial score (nSPS) is 16.6. The van der Waals surface area contributed by atoms with Crippen LogP contribution in [0.5, 0.6) is 5.75 Å². The second-order valence-corrected chi connectivity index (χ2v) is 7.84. The Morgan fingerprint density at radius 2 is 1.93 bits per heavy atom. The highest BCUT2D eigenvalue weighted by Gasteiger charge is 2.38. The number of anilines is 2. The molecule has 1 aliphatic rings. The van der Waals surface area contributed by atoms with E-state index in [2.05, 4.69) is 21.2 Å². The number of amides is 2. The fourth-order valence-electron chi connectivity index (χ4n) is 3.17. The van der Waals surface area contributed by atoms with Crippen LogP contribution in [0.1, 0.15) is 25.3 Å². The van der Waals surface area contributed by atoms with Gasteiger partial charge in [-0.3, -0.25) is 9.59 Å². The zero-order valence-corrected chi connectivity index (χ0v) is 17.7. The van der Waals surface area contributed by atoms with Gasteiger partial charge < -0.3 is 15.0 Å². The second-order valence-electron chi connectivity index (χ2n) is 6.92. The summed E-state index contributed by atoms with van der Waals surface area (Å²) >= 11 is 3.01. The van der Waals surface area contributed by atoms with Crippen molar-refractivity contribution in [2.75, 3.05) is 23.4 Å². The smallest absolute Gasteiger partial charge is 0.418 e. The van der Waals surface area contributed by atoms with Gasteiger partial charge in [-0.2, -0.15) is 13.2 Å². The first-order valence-electron chi connectivity index (χ1n) is 9.40. The Morgan fingerprint density at radius 3 is 2.57 bits per heavy atom. The lowest BCUT2D eigenvalue weighted by atomic mass is 10.1. The largest absolute Gasteiger partial charge is 0.494 e. The summed E-state index contributed by atoms with van der Waals surface area (Å²) < 4.78 is 45.6. The Hall–Kier alpha value is -2.55. The van der Waals surface area contributed by atoms with Crippen LogP contribution in [0.2, 0.25) is 0 Å². The number of hydrogen-bond donors (Lipinski definition) is 1.